The van der Waals surface area contributed by atoms with E-state index in [-0.39, 0.29) is 6.03 Å². The van der Waals surface area contributed by atoms with Crippen molar-refractivity contribution in [2.24, 2.45) is 0 Å². The summed E-state index contributed by atoms with van der Waals surface area (Å²) < 4.78 is 2.13. The Kier molecular flexibility index (Phi) is 3.94. The van der Waals surface area contributed by atoms with E-state index >= 15 is 0 Å². The molecule has 2 aromatic heterocycles. The van der Waals surface area contributed by atoms with E-state index in [1.807, 2.05) is 0 Å². The minimum absolute atomic E-state index is 0.283. The first-order chi connectivity index (χ1) is 11.3. The maximum absolute atomic E-state index is 12.0. The Morgan fingerprint density at radius 2 is 2.09 bits per heavy atom. The fourth-order valence-corrected chi connectivity index (χ4v) is 3.66. The van der Waals surface area contributed by atoms with Gasteiger partial charge in [-0.1, -0.05) is 17.8 Å². The normalized spacial score (nSPS) is 17.4. The highest BCUT2D eigenvalue weighted by molar-refractivity contribution is 7.15. The lowest BCUT2D eigenvalue weighted by atomic mass is 10.2. The number of hydrogen-bond donors (Lipinski definition) is 2. The Morgan fingerprint density at radius 1 is 1.17 bits per heavy atom. The van der Waals surface area contributed by atoms with Crippen molar-refractivity contribution in [1.29, 1.82) is 0 Å². The molecule has 0 radical (unpaired) electrons. The van der Waals surface area contributed by atoms with Crippen LogP contribution in [0.15, 0.2) is 0 Å². The summed E-state index contributed by atoms with van der Waals surface area (Å²) in [6, 6.07) is -0.283. The molecule has 9 heteroatoms. The van der Waals surface area contributed by atoms with Crippen LogP contribution in [0.25, 0.3) is 0 Å². The Bertz CT molecular complexity index is 706. The van der Waals surface area contributed by atoms with Crippen LogP contribution in [-0.4, -0.2) is 31.0 Å². The zero-order chi connectivity index (χ0) is 15.6. The third kappa shape index (κ3) is 3.34. The number of amides is 2. The first kappa shape index (κ1) is 14.6. The molecule has 4 rings (SSSR count). The van der Waals surface area contributed by atoms with Crippen LogP contribution < -0.4 is 10.6 Å². The van der Waals surface area contributed by atoms with Crippen molar-refractivity contribution in [2.45, 2.75) is 57.5 Å². The van der Waals surface area contributed by atoms with Crippen LogP contribution in [0, 0.1) is 0 Å². The molecule has 2 amide bonds. The molecule has 2 aliphatic rings. The van der Waals surface area contributed by atoms with Gasteiger partial charge in [0.1, 0.15) is 10.8 Å². The van der Waals surface area contributed by atoms with E-state index in [2.05, 4.69) is 35.6 Å². The van der Waals surface area contributed by atoms with Crippen molar-refractivity contribution < 1.29 is 4.79 Å². The largest absolute Gasteiger partial charge is 0.331 e. The van der Waals surface area contributed by atoms with Gasteiger partial charge in [-0.25, -0.2) is 4.79 Å². The molecule has 2 aromatic rings. The van der Waals surface area contributed by atoms with Gasteiger partial charge in [0.05, 0.1) is 6.54 Å². The maximum Gasteiger partial charge on any atom is 0.321 e. The second-order valence-corrected chi connectivity index (χ2v) is 7.03. The lowest BCUT2D eigenvalue weighted by Gasteiger charge is -2.08. The van der Waals surface area contributed by atoms with Crippen molar-refractivity contribution in [3.63, 3.8) is 0 Å². The Labute approximate surface area is 137 Å². The van der Waals surface area contributed by atoms with Gasteiger partial charge in [-0.05, 0) is 25.7 Å². The van der Waals surface area contributed by atoms with Gasteiger partial charge in [-0.3, -0.25) is 5.32 Å². The lowest BCUT2D eigenvalue weighted by Crippen LogP contribution is -2.29. The van der Waals surface area contributed by atoms with Gasteiger partial charge in [0, 0.05) is 18.9 Å². The molecule has 0 spiro atoms. The summed E-state index contributed by atoms with van der Waals surface area (Å²) in [6.07, 6.45) is 6.84. The van der Waals surface area contributed by atoms with Gasteiger partial charge in [0.15, 0.2) is 5.82 Å². The van der Waals surface area contributed by atoms with Crippen molar-refractivity contribution >= 4 is 22.5 Å². The van der Waals surface area contributed by atoms with E-state index in [0.29, 0.717) is 17.6 Å². The average molecular weight is 333 g/mol. The van der Waals surface area contributed by atoms with E-state index in [9.17, 15) is 4.79 Å². The second kappa shape index (κ2) is 6.23. The highest BCUT2D eigenvalue weighted by Gasteiger charge is 2.27. The highest BCUT2D eigenvalue weighted by Crippen LogP contribution is 2.41. The predicted octanol–water partition coefficient (Wildman–Crippen LogP) is 2.06. The number of anilines is 1. The average Bonchev–Trinajstić information content (AvgIpc) is 3.25. The number of urea groups is 1. The molecule has 0 saturated heterocycles. The Morgan fingerprint density at radius 3 is 2.96 bits per heavy atom. The van der Waals surface area contributed by atoms with Crippen LogP contribution >= 0.6 is 11.3 Å². The molecule has 3 heterocycles. The van der Waals surface area contributed by atoms with Crippen LogP contribution in [0.2, 0.25) is 0 Å². The maximum atomic E-state index is 12.0. The zero-order valence-electron chi connectivity index (χ0n) is 12.8. The van der Waals surface area contributed by atoms with Crippen molar-refractivity contribution in [1.82, 2.24) is 30.3 Å². The summed E-state index contributed by atoms with van der Waals surface area (Å²) in [5.41, 5.74) is 0. The number of aryl methyl sites for hydroxylation is 1. The van der Waals surface area contributed by atoms with E-state index < -0.39 is 0 Å². The molecule has 1 fully saturated rings. The molecule has 1 aliphatic heterocycles. The second-order valence-electron chi connectivity index (χ2n) is 6.02. The third-order valence-corrected chi connectivity index (χ3v) is 5.18. The SMILES string of the molecule is O=C(NCc1nnc2n1CCCCC2)Nc1nnc(C2CC2)s1. The van der Waals surface area contributed by atoms with Gasteiger partial charge in [-0.2, -0.15) is 0 Å². The van der Waals surface area contributed by atoms with E-state index in [1.54, 1.807) is 0 Å². The minimum atomic E-state index is -0.283. The fourth-order valence-electron chi connectivity index (χ4n) is 2.76. The summed E-state index contributed by atoms with van der Waals surface area (Å²) in [5, 5.41) is 23.7. The number of carbonyl (C=O) groups is 1. The molecule has 23 heavy (non-hydrogen) atoms. The minimum Gasteiger partial charge on any atom is -0.331 e. The summed E-state index contributed by atoms with van der Waals surface area (Å²) in [4.78, 5) is 12.0. The van der Waals surface area contributed by atoms with E-state index in [1.165, 1.54) is 30.6 Å². The first-order valence-corrected chi connectivity index (χ1v) is 8.90. The molecule has 0 atom stereocenters. The first-order valence-electron chi connectivity index (χ1n) is 8.09. The van der Waals surface area contributed by atoms with Crippen molar-refractivity contribution in [3.8, 4) is 0 Å². The quantitative estimate of drug-likeness (QED) is 0.892. The molecule has 0 bridgehead atoms. The highest BCUT2D eigenvalue weighted by atomic mass is 32.1. The summed E-state index contributed by atoms with van der Waals surface area (Å²) >= 11 is 1.45. The van der Waals surface area contributed by atoms with Gasteiger partial charge < -0.3 is 9.88 Å². The van der Waals surface area contributed by atoms with E-state index in [0.717, 1.165) is 42.5 Å². The topological polar surface area (TPSA) is 97.6 Å². The van der Waals surface area contributed by atoms with Crippen LogP contribution in [-0.2, 0) is 19.5 Å². The number of carbonyl (C=O) groups excluding carboxylic acids is 1. The van der Waals surface area contributed by atoms with Gasteiger partial charge in [-0.15, -0.1) is 20.4 Å². The van der Waals surface area contributed by atoms with Crippen LogP contribution in [0.5, 0.6) is 0 Å². The molecule has 1 saturated carbocycles. The molecular weight excluding hydrogens is 314 g/mol. The number of rotatable bonds is 4. The predicted molar refractivity (Wildman–Crippen MR) is 85.3 cm³/mol. The van der Waals surface area contributed by atoms with Crippen LogP contribution in [0.3, 0.4) is 0 Å². The summed E-state index contributed by atoms with van der Waals surface area (Å²) in [7, 11) is 0. The van der Waals surface area contributed by atoms with Gasteiger partial charge >= 0.3 is 6.03 Å². The van der Waals surface area contributed by atoms with Crippen LogP contribution in [0.1, 0.15) is 54.7 Å². The molecule has 8 nitrogen and oxygen atoms in total. The van der Waals surface area contributed by atoms with Crippen LogP contribution in [0.4, 0.5) is 9.93 Å². The number of fused-ring (bicyclic) bond motifs is 1. The van der Waals surface area contributed by atoms with Crippen molar-refractivity contribution in [3.05, 3.63) is 16.7 Å². The zero-order valence-corrected chi connectivity index (χ0v) is 13.6. The monoisotopic (exact) mass is 333 g/mol. The smallest absolute Gasteiger partial charge is 0.321 e. The van der Waals surface area contributed by atoms with Gasteiger partial charge in [0.25, 0.3) is 0 Å². The fraction of sp³-hybridized carbons (Fsp3) is 0.643. The molecule has 0 unspecified atom stereocenters. The number of hydrogen-bond acceptors (Lipinski definition) is 6. The number of aromatic nitrogens is 5. The van der Waals surface area contributed by atoms with Crippen molar-refractivity contribution in [2.75, 3.05) is 5.32 Å². The molecular formula is C14H19N7OS. The Balaban J connectivity index is 1.33. The Hall–Kier alpha value is -2.03. The summed E-state index contributed by atoms with van der Waals surface area (Å²) in [6.45, 7) is 1.30. The number of nitrogens with zero attached hydrogens (tertiary/aromatic N) is 5. The molecule has 2 N–H and O–H groups in total. The molecule has 122 valence electrons. The van der Waals surface area contributed by atoms with E-state index in [4.69, 9.17) is 0 Å². The lowest BCUT2D eigenvalue weighted by molar-refractivity contribution is 0.251. The standard InChI is InChI=1S/C14H19N7OS/c22-13(16-14-20-19-12(23-14)9-5-6-9)15-8-11-18-17-10-4-2-1-3-7-21(10)11/h9H,1-8H2,(H2,15,16,20,22). The number of nitrogens with one attached hydrogen (secondary N) is 2. The third-order valence-electron chi connectivity index (χ3n) is 4.18. The summed E-state index contributed by atoms with van der Waals surface area (Å²) in [5.74, 6) is 2.39. The molecule has 1 aliphatic carbocycles. The molecule has 0 aromatic carbocycles. The van der Waals surface area contributed by atoms with Gasteiger partial charge in [0.2, 0.25) is 5.13 Å².